The van der Waals surface area contributed by atoms with Crippen LogP contribution in [0.4, 0.5) is 0 Å². The van der Waals surface area contributed by atoms with Gasteiger partial charge in [0.15, 0.2) is 0 Å². The Morgan fingerprint density at radius 2 is 2.11 bits per heavy atom. The number of thioether (sulfide) groups is 1. The molecule has 18 heavy (non-hydrogen) atoms. The van der Waals surface area contributed by atoms with Crippen LogP contribution in [0.1, 0.15) is 18.4 Å². The number of nitrogens with zero attached hydrogens (tertiary/aromatic N) is 3. The maximum atomic E-state index is 11.2. The number of aliphatic hydroxyl groups excluding tert-OH is 1. The van der Waals surface area contributed by atoms with Gasteiger partial charge in [0.05, 0.1) is 13.2 Å². The summed E-state index contributed by atoms with van der Waals surface area (Å²) in [5.41, 5.74) is 8.95. The van der Waals surface area contributed by atoms with Crippen molar-refractivity contribution in [3.8, 4) is 0 Å². The highest BCUT2D eigenvalue weighted by molar-refractivity contribution is 7.99. The highest BCUT2D eigenvalue weighted by Gasteiger charge is 2.00. The minimum absolute atomic E-state index is 0.0240. The van der Waals surface area contributed by atoms with Crippen molar-refractivity contribution >= 4 is 17.5 Å². The van der Waals surface area contributed by atoms with E-state index in [4.69, 9.17) is 10.6 Å². The van der Waals surface area contributed by atoms with E-state index >= 15 is 0 Å². The van der Waals surface area contributed by atoms with Crippen LogP contribution in [0.15, 0.2) is 34.3 Å². The average Bonchev–Trinajstić information content (AvgIpc) is 2.42. The first-order chi connectivity index (χ1) is 8.76. The minimum Gasteiger partial charge on any atom is -0.392 e. The Balaban J connectivity index is 2.20. The van der Waals surface area contributed by atoms with Gasteiger partial charge in [-0.15, -0.1) is 11.8 Å². The van der Waals surface area contributed by atoms with Gasteiger partial charge in [-0.1, -0.05) is 17.2 Å². The number of rotatable bonds is 8. The number of azide groups is 1. The molecular weight excluding hydrogens is 250 g/mol. The molecule has 0 heterocycles. The normalized spacial score (nSPS) is 9.83. The van der Waals surface area contributed by atoms with Gasteiger partial charge < -0.3 is 5.11 Å². The molecule has 0 aliphatic heterocycles. The molecule has 1 rings (SSSR count). The van der Waals surface area contributed by atoms with Crippen LogP contribution in [0.5, 0.6) is 0 Å². The Kier molecular flexibility index (Phi) is 6.94. The van der Waals surface area contributed by atoms with Gasteiger partial charge in [0.25, 0.3) is 0 Å². The molecule has 6 heteroatoms. The fraction of sp³-hybridized carbons (Fsp3) is 0.417. The van der Waals surface area contributed by atoms with Gasteiger partial charge in [0.2, 0.25) is 0 Å². The van der Waals surface area contributed by atoms with E-state index in [-0.39, 0.29) is 18.9 Å². The molecule has 1 N–H and O–H groups in total. The number of carbonyl (C=O) groups excluding carboxylic acids is 1. The zero-order chi connectivity index (χ0) is 13.2. The number of benzene rings is 1. The molecule has 1 aromatic carbocycles. The largest absolute Gasteiger partial charge is 0.392 e. The molecule has 0 saturated heterocycles. The Bertz CT molecular complexity index is 427. The van der Waals surface area contributed by atoms with Crippen LogP contribution in [-0.4, -0.2) is 23.2 Å². The first kappa shape index (κ1) is 14.6. The number of hydrogen-bond acceptors (Lipinski definition) is 4. The molecule has 5 nitrogen and oxygen atoms in total. The molecule has 0 aromatic heterocycles. The molecule has 0 fully saturated rings. The van der Waals surface area contributed by atoms with Crippen molar-refractivity contribution in [3.63, 3.8) is 0 Å². The monoisotopic (exact) mass is 265 g/mol. The van der Waals surface area contributed by atoms with E-state index in [1.807, 2.05) is 24.3 Å². The molecule has 0 amide bonds. The second kappa shape index (κ2) is 8.58. The summed E-state index contributed by atoms with van der Waals surface area (Å²) in [5, 5.41) is 12.1. The van der Waals surface area contributed by atoms with Gasteiger partial charge in [0.1, 0.15) is 5.78 Å². The maximum Gasteiger partial charge on any atom is 0.138 e. The lowest BCUT2D eigenvalue weighted by Crippen LogP contribution is -2.01. The predicted molar refractivity (Wildman–Crippen MR) is 71.3 cm³/mol. The fourth-order valence-corrected chi connectivity index (χ4v) is 2.19. The lowest BCUT2D eigenvalue weighted by atomic mass is 10.2. The molecule has 96 valence electrons. The van der Waals surface area contributed by atoms with Crippen LogP contribution in [-0.2, 0) is 11.4 Å². The Morgan fingerprint density at radius 1 is 1.39 bits per heavy atom. The number of aliphatic hydroxyl groups is 1. The van der Waals surface area contributed by atoms with Gasteiger partial charge in [0, 0.05) is 16.2 Å². The first-order valence-corrected chi connectivity index (χ1v) is 6.60. The Labute approximate surface area is 110 Å². The quantitative estimate of drug-likeness (QED) is 0.258. The maximum absolute atomic E-state index is 11.2. The number of Topliss-reactive ketones (excluding diaryl/α,β-unsaturated/α-hetero) is 1. The zero-order valence-corrected chi connectivity index (χ0v) is 10.8. The lowest BCUT2D eigenvalue weighted by molar-refractivity contribution is -0.117. The minimum atomic E-state index is -0.0492. The van der Waals surface area contributed by atoms with Crippen molar-refractivity contribution in [2.24, 2.45) is 5.11 Å². The third-order valence-electron chi connectivity index (χ3n) is 2.28. The van der Waals surface area contributed by atoms with Crippen LogP contribution >= 0.6 is 11.8 Å². The van der Waals surface area contributed by atoms with Crippen molar-refractivity contribution in [1.29, 1.82) is 0 Å². The van der Waals surface area contributed by atoms with E-state index in [0.29, 0.717) is 6.42 Å². The van der Waals surface area contributed by atoms with Crippen LogP contribution in [0.25, 0.3) is 10.4 Å². The summed E-state index contributed by atoms with van der Waals surface area (Å²) in [6.07, 6.45) is 1.22. The third-order valence-corrected chi connectivity index (χ3v) is 3.38. The van der Waals surface area contributed by atoms with E-state index in [9.17, 15) is 4.79 Å². The third kappa shape index (κ3) is 5.72. The molecule has 0 aliphatic carbocycles. The Hall–Kier alpha value is -1.49. The molecule has 0 radical (unpaired) electrons. The van der Waals surface area contributed by atoms with Crippen molar-refractivity contribution in [3.05, 3.63) is 40.3 Å². The van der Waals surface area contributed by atoms with Gasteiger partial charge >= 0.3 is 0 Å². The highest BCUT2D eigenvalue weighted by atomic mass is 32.2. The second-order valence-electron chi connectivity index (χ2n) is 3.68. The highest BCUT2D eigenvalue weighted by Crippen LogP contribution is 2.19. The standard InChI is InChI=1S/C12H15N3O2S/c13-15-14-8-11(17)2-1-7-18-12-5-3-10(9-16)4-6-12/h3-6,16H,1-2,7-9H2. The summed E-state index contributed by atoms with van der Waals surface area (Å²) in [6.45, 7) is 0.00518. The summed E-state index contributed by atoms with van der Waals surface area (Å²) in [6, 6.07) is 7.68. The van der Waals surface area contributed by atoms with Crippen molar-refractivity contribution in [2.75, 3.05) is 12.3 Å². The van der Waals surface area contributed by atoms with Crippen LogP contribution in [0, 0.1) is 0 Å². The molecule has 0 saturated carbocycles. The van der Waals surface area contributed by atoms with E-state index in [1.165, 1.54) is 0 Å². The zero-order valence-electron chi connectivity index (χ0n) is 9.95. The molecule has 0 bridgehead atoms. The number of ketones is 1. The van der Waals surface area contributed by atoms with Gasteiger partial charge in [-0.2, -0.15) is 0 Å². The van der Waals surface area contributed by atoms with E-state index < -0.39 is 0 Å². The summed E-state index contributed by atoms with van der Waals surface area (Å²) in [5.74, 6) is 0.824. The summed E-state index contributed by atoms with van der Waals surface area (Å²) in [4.78, 5) is 14.9. The lowest BCUT2D eigenvalue weighted by Gasteiger charge is -2.02. The fourth-order valence-electron chi connectivity index (χ4n) is 1.34. The molecule has 0 aliphatic rings. The smallest absolute Gasteiger partial charge is 0.138 e. The van der Waals surface area contributed by atoms with E-state index in [2.05, 4.69) is 10.0 Å². The van der Waals surface area contributed by atoms with Crippen LogP contribution < -0.4 is 0 Å². The van der Waals surface area contributed by atoms with Crippen molar-refractivity contribution in [2.45, 2.75) is 24.3 Å². The summed E-state index contributed by atoms with van der Waals surface area (Å²) >= 11 is 1.67. The SMILES string of the molecule is [N-]=[N+]=NCC(=O)CCCSc1ccc(CO)cc1. The molecular formula is C12H15N3O2S. The van der Waals surface area contributed by atoms with E-state index in [1.54, 1.807) is 11.8 Å². The average molecular weight is 265 g/mol. The van der Waals surface area contributed by atoms with Gasteiger partial charge in [-0.05, 0) is 35.4 Å². The molecule has 0 spiro atoms. The first-order valence-electron chi connectivity index (χ1n) is 5.61. The summed E-state index contributed by atoms with van der Waals surface area (Å²) < 4.78 is 0. The number of hydrogen-bond donors (Lipinski definition) is 1. The predicted octanol–water partition coefficient (Wildman–Crippen LogP) is 2.93. The van der Waals surface area contributed by atoms with Gasteiger partial charge in [-0.25, -0.2) is 0 Å². The van der Waals surface area contributed by atoms with Crippen LogP contribution in [0.3, 0.4) is 0 Å². The molecule has 1 aromatic rings. The molecule has 0 unspecified atom stereocenters. The summed E-state index contributed by atoms with van der Waals surface area (Å²) in [7, 11) is 0. The molecule has 0 atom stereocenters. The second-order valence-corrected chi connectivity index (χ2v) is 4.85. The van der Waals surface area contributed by atoms with Crippen LogP contribution in [0.2, 0.25) is 0 Å². The van der Waals surface area contributed by atoms with Crippen molar-refractivity contribution < 1.29 is 9.90 Å². The van der Waals surface area contributed by atoms with E-state index in [0.717, 1.165) is 22.6 Å². The van der Waals surface area contributed by atoms with Crippen molar-refractivity contribution in [1.82, 2.24) is 0 Å². The van der Waals surface area contributed by atoms with Gasteiger partial charge in [-0.3, -0.25) is 4.79 Å². The Morgan fingerprint density at radius 3 is 2.72 bits per heavy atom. The number of carbonyl (C=O) groups is 1. The topological polar surface area (TPSA) is 86.1 Å².